The van der Waals surface area contributed by atoms with E-state index in [-0.39, 0.29) is 18.3 Å². The van der Waals surface area contributed by atoms with Crippen molar-refractivity contribution in [2.45, 2.75) is 25.7 Å². The SMILES string of the molecule is C=CCOCCCC(=O)N1CCCC(CNC)C1.Cl. The number of piperidine rings is 1. The summed E-state index contributed by atoms with van der Waals surface area (Å²) in [5.74, 6) is 0.891. The number of ether oxygens (including phenoxy) is 1. The van der Waals surface area contributed by atoms with Crippen molar-refractivity contribution in [2.24, 2.45) is 5.92 Å². The highest BCUT2D eigenvalue weighted by molar-refractivity contribution is 5.85. The van der Waals surface area contributed by atoms with Crippen molar-refractivity contribution in [3.8, 4) is 0 Å². The third kappa shape index (κ3) is 7.55. The molecule has 1 unspecified atom stereocenters. The highest BCUT2D eigenvalue weighted by atomic mass is 35.5. The van der Waals surface area contributed by atoms with E-state index in [2.05, 4.69) is 11.9 Å². The highest BCUT2D eigenvalue weighted by Crippen LogP contribution is 2.16. The molecule has 1 aliphatic heterocycles. The van der Waals surface area contributed by atoms with Crippen molar-refractivity contribution >= 4 is 18.3 Å². The summed E-state index contributed by atoms with van der Waals surface area (Å²) in [6, 6.07) is 0. The molecule has 0 aliphatic carbocycles. The smallest absolute Gasteiger partial charge is 0.222 e. The summed E-state index contributed by atoms with van der Waals surface area (Å²) in [6.45, 7) is 7.64. The van der Waals surface area contributed by atoms with E-state index in [9.17, 15) is 4.79 Å². The Bertz CT molecular complexity index is 260. The number of halogens is 1. The van der Waals surface area contributed by atoms with Gasteiger partial charge >= 0.3 is 0 Å². The number of rotatable bonds is 8. The lowest BCUT2D eigenvalue weighted by molar-refractivity contribution is -0.133. The normalized spacial score (nSPS) is 18.8. The molecule has 112 valence electrons. The highest BCUT2D eigenvalue weighted by Gasteiger charge is 2.22. The quantitative estimate of drug-likeness (QED) is 0.548. The van der Waals surface area contributed by atoms with Crippen molar-refractivity contribution < 1.29 is 9.53 Å². The molecule has 19 heavy (non-hydrogen) atoms. The molecule has 1 N–H and O–H groups in total. The van der Waals surface area contributed by atoms with Gasteiger partial charge in [-0.05, 0) is 38.8 Å². The van der Waals surface area contributed by atoms with Crippen molar-refractivity contribution in [3.63, 3.8) is 0 Å². The number of hydrogen-bond donors (Lipinski definition) is 1. The maximum atomic E-state index is 12.0. The molecule has 5 heteroatoms. The van der Waals surface area contributed by atoms with Crippen molar-refractivity contribution in [2.75, 3.05) is 39.9 Å². The van der Waals surface area contributed by atoms with Gasteiger partial charge in [0, 0.05) is 26.1 Å². The zero-order chi connectivity index (χ0) is 13.2. The minimum absolute atomic E-state index is 0. The average molecular weight is 291 g/mol. The third-order valence-corrected chi connectivity index (χ3v) is 3.28. The van der Waals surface area contributed by atoms with Crippen LogP contribution >= 0.6 is 12.4 Å². The van der Waals surface area contributed by atoms with E-state index >= 15 is 0 Å². The van der Waals surface area contributed by atoms with Gasteiger partial charge in [0.1, 0.15) is 0 Å². The molecule has 1 amide bonds. The van der Waals surface area contributed by atoms with Crippen LogP contribution in [0.15, 0.2) is 12.7 Å². The second kappa shape index (κ2) is 11.3. The Morgan fingerprint density at radius 2 is 2.37 bits per heavy atom. The second-order valence-electron chi connectivity index (χ2n) is 4.87. The van der Waals surface area contributed by atoms with Crippen LogP contribution in [0.5, 0.6) is 0 Å². The van der Waals surface area contributed by atoms with Gasteiger partial charge in [-0.25, -0.2) is 0 Å². The number of nitrogens with zero attached hydrogens (tertiary/aromatic N) is 1. The summed E-state index contributed by atoms with van der Waals surface area (Å²) in [4.78, 5) is 14.0. The summed E-state index contributed by atoms with van der Waals surface area (Å²) < 4.78 is 5.28. The number of likely N-dealkylation sites (tertiary alicyclic amines) is 1. The fourth-order valence-electron chi connectivity index (χ4n) is 2.40. The van der Waals surface area contributed by atoms with E-state index < -0.39 is 0 Å². The van der Waals surface area contributed by atoms with Crippen LogP contribution in [0.1, 0.15) is 25.7 Å². The van der Waals surface area contributed by atoms with Crippen LogP contribution in [0, 0.1) is 5.92 Å². The van der Waals surface area contributed by atoms with E-state index in [1.807, 2.05) is 11.9 Å². The summed E-state index contributed by atoms with van der Waals surface area (Å²) >= 11 is 0. The lowest BCUT2D eigenvalue weighted by atomic mass is 9.97. The van der Waals surface area contributed by atoms with E-state index in [0.717, 1.165) is 32.5 Å². The Labute approximate surface area is 123 Å². The van der Waals surface area contributed by atoms with Crippen LogP contribution in [-0.2, 0) is 9.53 Å². The fraction of sp³-hybridized carbons (Fsp3) is 0.786. The minimum Gasteiger partial charge on any atom is -0.377 e. The van der Waals surface area contributed by atoms with Gasteiger partial charge in [0.25, 0.3) is 0 Å². The average Bonchev–Trinajstić information content (AvgIpc) is 2.39. The largest absolute Gasteiger partial charge is 0.377 e. The van der Waals surface area contributed by atoms with Crippen molar-refractivity contribution in [3.05, 3.63) is 12.7 Å². The van der Waals surface area contributed by atoms with E-state index in [1.54, 1.807) is 6.08 Å². The summed E-state index contributed by atoms with van der Waals surface area (Å²) in [6.07, 6.45) is 5.50. The Morgan fingerprint density at radius 3 is 3.05 bits per heavy atom. The molecule has 0 spiro atoms. The van der Waals surface area contributed by atoms with Crippen LogP contribution in [0.2, 0.25) is 0 Å². The molecule has 1 saturated heterocycles. The number of carbonyl (C=O) groups is 1. The second-order valence-corrected chi connectivity index (χ2v) is 4.87. The maximum Gasteiger partial charge on any atom is 0.222 e. The van der Waals surface area contributed by atoms with Gasteiger partial charge in [0.15, 0.2) is 0 Å². The van der Waals surface area contributed by atoms with Gasteiger partial charge < -0.3 is 15.0 Å². The topological polar surface area (TPSA) is 41.6 Å². The van der Waals surface area contributed by atoms with Crippen LogP contribution < -0.4 is 5.32 Å². The van der Waals surface area contributed by atoms with E-state index in [1.165, 1.54) is 6.42 Å². The number of hydrogen-bond acceptors (Lipinski definition) is 3. The van der Waals surface area contributed by atoms with Gasteiger partial charge in [-0.15, -0.1) is 19.0 Å². The van der Waals surface area contributed by atoms with E-state index in [4.69, 9.17) is 4.74 Å². The molecular formula is C14H27ClN2O2. The van der Waals surface area contributed by atoms with Gasteiger partial charge in [0.2, 0.25) is 5.91 Å². The zero-order valence-electron chi connectivity index (χ0n) is 11.9. The number of amides is 1. The first-order valence-electron chi connectivity index (χ1n) is 6.89. The van der Waals surface area contributed by atoms with Crippen LogP contribution in [-0.4, -0.2) is 50.7 Å². The lowest BCUT2D eigenvalue weighted by Crippen LogP contribution is -2.42. The van der Waals surface area contributed by atoms with Crippen LogP contribution in [0.4, 0.5) is 0 Å². The molecule has 0 aromatic carbocycles. The maximum absolute atomic E-state index is 12.0. The van der Waals surface area contributed by atoms with Gasteiger partial charge in [-0.3, -0.25) is 4.79 Å². The van der Waals surface area contributed by atoms with Crippen molar-refractivity contribution in [1.82, 2.24) is 10.2 Å². The van der Waals surface area contributed by atoms with Crippen LogP contribution in [0.25, 0.3) is 0 Å². The van der Waals surface area contributed by atoms with Crippen molar-refractivity contribution in [1.29, 1.82) is 0 Å². The molecule has 1 aliphatic rings. The van der Waals surface area contributed by atoms with Gasteiger partial charge in [-0.2, -0.15) is 0 Å². The minimum atomic E-state index is 0. The zero-order valence-corrected chi connectivity index (χ0v) is 12.7. The lowest BCUT2D eigenvalue weighted by Gasteiger charge is -2.32. The first kappa shape index (κ1) is 18.4. The summed E-state index contributed by atoms with van der Waals surface area (Å²) in [5.41, 5.74) is 0. The molecule has 0 aromatic rings. The predicted octanol–water partition coefficient (Wildman–Crippen LogP) is 1.85. The molecule has 0 radical (unpaired) electrons. The summed E-state index contributed by atoms with van der Waals surface area (Å²) in [5, 5.41) is 3.20. The standard InChI is InChI=1S/C14H26N2O2.ClH/c1-3-9-18-10-5-7-14(17)16-8-4-6-13(12-16)11-15-2;/h3,13,15H,1,4-12H2,2H3;1H. The van der Waals surface area contributed by atoms with Crippen LogP contribution in [0.3, 0.4) is 0 Å². The fourth-order valence-corrected chi connectivity index (χ4v) is 2.40. The molecule has 4 nitrogen and oxygen atoms in total. The molecule has 1 atom stereocenters. The third-order valence-electron chi connectivity index (χ3n) is 3.28. The molecule has 0 bridgehead atoms. The van der Waals surface area contributed by atoms with Gasteiger partial charge in [0.05, 0.1) is 6.61 Å². The number of nitrogens with one attached hydrogen (secondary N) is 1. The Balaban J connectivity index is 0.00000324. The Kier molecular flexibility index (Phi) is 10.9. The van der Waals surface area contributed by atoms with E-state index in [0.29, 0.717) is 25.6 Å². The predicted molar refractivity (Wildman–Crippen MR) is 80.7 cm³/mol. The first-order chi connectivity index (χ1) is 8.77. The van der Waals surface area contributed by atoms with Gasteiger partial charge in [-0.1, -0.05) is 6.08 Å². The molecular weight excluding hydrogens is 264 g/mol. The number of carbonyl (C=O) groups excluding carboxylic acids is 1. The Hall–Kier alpha value is -0.580. The molecule has 1 rings (SSSR count). The first-order valence-corrected chi connectivity index (χ1v) is 6.89. The summed E-state index contributed by atoms with van der Waals surface area (Å²) in [7, 11) is 1.97. The monoisotopic (exact) mass is 290 g/mol. The molecule has 0 aromatic heterocycles. The molecule has 0 saturated carbocycles. The molecule has 1 heterocycles. The molecule has 1 fully saturated rings. The Morgan fingerprint density at radius 1 is 1.58 bits per heavy atom.